The smallest absolute Gasteiger partial charge is 0.288 e. The van der Waals surface area contributed by atoms with E-state index in [4.69, 9.17) is 9.15 Å². The van der Waals surface area contributed by atoms with Crippen molar-refractivity contribution in [1.29, 1.82) is 0 Å². The van der Waals surface area contributed by atoms with Crippen molar-refractivity contribution < 1.29 is 32.0 Å². The van der Waals surface area contributed by atoms with E-state index in [2.05, 4.69) is 5.32 Å². The van der Waals surface area contributed by atoms with Gasteiger partial charge in [0.25, 0.3) is 17.7 Å². The molecule has 0 saturated carbocycles. The molecule has 1 atom stereocenters. The summed E-state index contributed by atoms with van der Waals surface area (Å²) in [5, 5.41) is 0.462. The lowest BCUT2D eigenvalue weighted by atomic mass is 10.1. The molecule has 3 aromatic rings. The van der Waals surface area contributed by atoms with Crippen LogP contribution in [0.2, 0.25) is 0 Å². The summed E-state index contributed by atoms with van der Waals surface area (Å²) in [4.78, 5) is 41.7. The number of sulfone groups is 1. The van der Waals surface area contributed by atoms with Gasteiger partial charge in [-0.2, -0.15) is 0 Å². The van der Waals surface area contributed by atoms with Gasteiger partial charge >= 0.3 is 0 Å². The minimum Gasteiger partial charge on any atom is -0.497 e. The summed E-state index contributed by atoms with van der Waals surface area (Å²) in [5.74, 6) is -1.30. The van der Waals surface area contributed by atoms with E-state index in [1.165, 1.54) is 54.7 Å². The number of methoxy groups -OCH3 is 1. The van der Waals surface area contributed by atoms with Crippen LogP contribution in [0, 0.1) is 0 Å². The van der Waals surface area contributed by atoms with E-state index in [0.717, 1.165) is 0 Å². The zero-order valence-corrected chi connectivity index (χ0v) is 20.3. The van der Waals surface area contributed by atoms with E-state index in [0.29, 0.717) is 11.3 Å². The lowest BCUT2D eigenvalue weighted by molar-refractivity contribution is -0.132. The van der Waals surface area contributed by atoms with Gasteiger partial charge in [0.05, 0.1) is 18.3 Å². The molecule has 0 bridgehead atoms. The Morgan fingerprint density at radius 3 is 2.11 bits per heavy atom. The fourth-order valence-corrected chi connectivity index (χ4v) is 5.31. The van der Waals surface area contributed by atoms with Gasteiger partial charge in [0, 0.05) is 31.7 Å². The molecule has 1 aromatic heterocycles. The number of nitrogens with one attached hydrogen (secondary N) is 1. The van der Waals surface area contributed by atoms with Crippen LogP contribution in [-0.4, -0.2) is 74.6 Å². The molecule has 1 saturated heterocycles. The van der Waals surface area contributed by atoms with Crippen molar-refractivity contribution in [1.82, 2.24) is 15.1 Å². The summed E-state index contributed by atoms with van der Waals surface area (Å²) in [6.45, 7) is 0.637. The number of rotatable bonds is 7. The van der Waals surface area contributed by atoms with Gasteiger partial charge in [-0.3, -0.25) is 14.4 Å². The molecule has 36 heavy (non-hydrogen) atoms. The molecule has 0 radical (unpaired) electrons. The van der Waals surface area contributed by atoms with E-state index in [9.17, 15) is 22.8 Å². The first-order chi connectivity index (χ1) is 17.3. The van der Waals surface area contributed by atoms with Crippen LogP contribution in [0.15, 0.2) is 82.3 Å². The summed E-state index contributed by atoms with van der Waals surface area (Å²) in [7, 11) is -2.74. The maximum absolute atomic E-state index is 13.4. The van der Waals surface area contributed by atoms with Gasteiger partial charge in [-0.05, 0) is 48.5 Å². The summed E-state index contributed by atoms with van der Waals surface area (Å²) in [6, 6.07) is 17.0. The molecule has 188 valence electrons. The number of hydrogen-bond acceptors (Lipinski definition) is 7. The van der Waals surface area contributed by atoms with Gasteiger partial charge in [-0.25, -0.2) is 8.42 Å². The van der Waals surface area contributed by atoms with Gasteiger partial charge in [0.15, 0.2) is 5.76 Å². The van der Waals surface area contributed by atoms with Crippen LogP contribution in [0.1, 0.15) is 20.9 Å². The molecule has 11 heteroatoms. The second kappa shape index (κ2) is 10.6. The standard InChI is InChI=1S/C25H25N3O7S/c1-34-19-11-9-18(10-12-19)24(30)27-13-15-28(16-14-27)25(31)23(26-22(29)21-8-5-17-35-21)36(32,33)20-6-3-2-4-7-20/h2-12,17,23H,13-16H2,1H3,(H,26,29)/t23-/m0/s1. The van der Waals surface area contributed by atoms with Crippen molar-refractivity contribution >= 4 is 27.6 Å². The highest BCUT2D eigenvalue weighted by Gasteiger charge is 2.40. The highest BCUT2D eigenvalue weighted by Crippen LogP contribution is 2.19. The Labute approximate surface area is 208 Å². The Hall–Kier alpha value is -4.12. The molecular formula is C25H25N3O7S. The lowest BCUT2D eigenvalue weighted by Crippen LogP contribution is -2.57. The number of benzene rings is 2. The fourth-order valence-electron chi connectivity index (χ4n) is 3.83. The second-order valence-electron chi connectivity index (χ2n) is 8.03. The molecule has 0 spiro atoms. The van der Waals surface area contributed by atoms with E-state index in [-0.39, 0.29) is 42.7 Å². The van der Waals surface area contributed by atoms with E-state index >= 15 is 0 Å². The topological polar surface area (TPSA) is 126 Å². The molecule has 10 nitrogen and oxygen atoms in total. The molecule has 1 N–H and O–H groups in total. The third-order valence-electron chi connectivity index (χ3n) is 5.83. The van der Waals surface area contributed by atoms with Crippen molar-refractivity contribution in [3.8, 4) is 5.75 Å². The summed E-state index contributed by atoms with van der Waals surface area (Å²) in [6.07, 6.45) is 1.27. The van der Waals surface area contributed by atoms with Crippen molar-refractivity contribution in [3.63, 3.8) is 0 Å². The number of nitrogens with zero attached hydrogens (tertiary/aromatic N) is 2. The van der Waals surface area contributed by atoms with Crippen LogP contribution in [0.3, 0.4) is 0 Å². The SMILES string of the molecule is COc1ccc(C(=O)N2CCN(C(=O)[C@@H](NC(=O)c3ccco3)S(=O)(=O)c3ccccc3)CC2)cc1. The highest BCUT2D eigenvalue weighted by molar-refractivity contribution is 7.92. The predicted molar refractivity (Wildman–Crippen MR) is 129 cm³/mol. The van der Waals surface area contributed by atoms with Gasteiger partial charge < -0.3 is 24.3 Å². The summed E-state index contributed by atoms with van der Waals surface area (Å²) in [5.41, 5.74) is 0.478. The van der Waals surface area contributed by atoms with Gasteiger partial charge in [-0.1, -0.05) is 18.2 Å². The first-order valence-electron chi connectivity index (χ1n) is 11.2. The Morgan fingerprint density at radius 1 is 0.889 bits per heavy atom. The quantitative estimate of drug-likeness (QED) is 0.513. The average Bonchev–Trinajstić information content (AvgIpc) is 3.47. The number of ether oxygens (including phenoxy) is 1. The van der Waals surface area contributed by atoms with E-state index in [1.54, 1.807) is 35.2 Å². The number of furan rings is 1. The van der Waals surface area contributed by atoms with Gasteiger partial charge in [0.1, 0.15) is 5.75 Å². The zero-order chi connectivity index (χ0) is 25.7. The van der Waals surface area contributed by atoms with Crippen LogP contribution >= 0.6 is 0 Å². The largest absolute Gasteiger partial charge is 0.497 e. The summed E-state index contributed by atoms with van der Waals surface area (Å²) >= 11 is 0. The molecule has 2 aromatic carbocycles. The van der Waals surface area contributed by atoms with Gasteiger partial charge in [0.2, 0.25) is 15.2 Å². The zero-order valence-electron chi connectivity index (χ0n) is 19.5. The maximum Gasteiger partial charge on any atom is 0.288 e. The second-order valence-corrected chi connectivity index (χ2v) is 10.1. The monoisotopic (exact) mass is 511 g/mol. The van der Waals surface area contributed by atoms with Crippen molar-refractivity contribution in [3.05, 3.63) is 84.3 Å². The maximum atomic E-state index is 13.4. The van der Waals surface area contributed by atoms with Crippen LogP contribution in [0.5, 0.6) is 5.75 Å². The molecule has 1 aliphatic heterocycles. The molecule has 1 aliphatic rings. The number of carbonyl (C=O) groups is 3. The minimum absolute atomic E-state index is 0.101. The minimum atomic E-state index is -4.27. The lowest BCUT2D eigenvalue weighted by Gasteiger charge is -2.36. The Kier molecular flexibility index (Phi) is 7.39. The molecule has 0 unspecified atom stereocenters. The number of piperazine rings is 1. The van der Waals surface area contributed by atoms with Crippen LogP contribution in [0.25, 0.3) is 0 Å². The highest BCUT2D eigenvalue weighted by atomic mass is 32.2. The first-order valence-corrected chi connectivity index (χ1v) is 12.7. The van der Waals surface area contributed by atoms with Crippen molar-refractivity contribution in [2.24, 2.45) is 0 Å². The third-order valence-corrected chi connectivity index (χ3v) is 7.70. The Balaban J connectivity index is 1.50. The molecule has 2 heterocycles. The Morgan fingerprint density at radius 2 is 1.53 bits per heavy atom. The molecule has 1 fully saturated rings. The van der Waals surface area contributed by atoms with Crippen molar-refractivity contribution in [2.45, 2.75) is 10.3 Å². The molecule has 0 aliphatic carbocycles. The van der Waals surface area contributed by atoms with Crippen molar-refractivity contribution in [2.75, 3.05) is 33.3 Å². The molecule has 4 rings (SSSR count). The normalized spacial score (nSPS) is 14.7. The predicted octanol–water partition coefficient (Wildman–Crippen LogP) is 1.80. The van der Waals surface area contributed by atoms with Crippen LogP contribution in [-0.2, 0) is 14.6 Å². The number of hydrogen-bond donors (Lipinski definition) is 1. The van der Waals surface area contributed by atoms with Gasteiger partial charge in [-0.15, -0.1) is 0 Å². The Bertz CT molecular complexity index is 1320. The average molecular weight is 512 g/mol. The number of amides is 3. The van der Waals surface area contributed by atoms with E-state index in [1.807, 2.05) is 0 Å². The van der Waals surface area contributed by atoms with E-state index < -0.39 is 27.0 Å². The molecule has 3 amide bonds. The molecular weight excluding hydrogens is 486 g/mol. The van der Waals surface area contributed by atoms with Crippen LogP contribution < -0.4 is 10.1 Å². The fraction of sp³-hybridized carbons (Fsp3) is 0.240. The third kappa shape index (κ3) is 5.25. The summed E-state index contributed by atoms with van der Waals surface area (Å²) < 4.78 is 36.9. The van der Waals surface area contributed by atoms with Crippen LogP contribution in [0.4, 0.5) is 0 Å². The first kappa shape index (κ1) is 25.0. The number of carbonyl (C=O) groups excluding carboxylic acids is 3.